The number of esters is 1. The SMILES string of the molecule is CC1CC(C)CN(C(=O)COC(=O)C(NC(=O)c2ccco2)c2ccccc2)C1. The molecule has 3 unspecified atom stereocenters. The van der Waals surface area contributed by atoms with Crippen molar-refractivity contribution in [2.45, 2.75) is 26.3 Å². The molecule has 0 spiro atoms. The summed E-state index contributed by atoms with van der Waals surface area (Å²) in [5.74, 6) is -0.522. The second kappa shape index (κ2) is 9.41. The third kappa shape index (κ3) is 5.47. The number of carbonyl (C=O) groups is 3. The van der Waals surface area contributed by atoms with Crippen molar-refractivity contribution < 1.29 is 23.5 Å². The Labute approximate surface area is 170 Å². The number of piperidine rings is 1. The molecule has 1 fully saturated rings. The molecule has 2 aromatic rings. The summed E-state index contributed by atoms with van der Waals surface area (Å²) < 4.78 is 10.4. The fourth-order valence-electron chi connectivity index (χ4n) is 3.71. The molecule has 3 rings (SSSR count). The normalized spacial score (nSPS) is 20.0. The summed E-state index contributed by atoms with van der Waals surface area (Å²) in [7, 11) is 0. The summed E-state index contributed by atoms with van der Waals surface area (Å²) in [5.41, 5.74) is 0.560. The van der Waals surface area contributed by atoms with E-state index in [1.54, 1.807) is 35.2 Å². The van der Waals surface area contributed by atoms with Gasteiger partial charge in [-0.3, -0.25) is 9.59 Å². The molecule has 7 nitrogen and oxygen atoms in total. The zero-order valence-electron chi connectivity index (χ0n) is 16.7. The Kier molecular flexibility index (Phi) is 6.69. The third-order valence-corrected chi connectivity index (χ3v) is 4.95. The summed E-state index contributed by atoms with van der Waals surface area (Å²) in [6.07, 6.45) is 2.46. The van der Waals surface area contributed by atoms with Crippen LogP contribution in [-0.2, 0) is 14.3 Å². The van der Waals surface area contributed by atoms with Crippen molar-refractivity contribution in [3.05, 3.63) is 60.1 Å². The van der Waals surface area contributed by atoms with E-state index in [4.69, 9.17) is 9.15 Å². The standard InChI is InChI=1S/C22H26N2O5/c1-15-11-16(2)13-24(12-15)19(25)14-29-22(27)20(17-7-4-3-5-8-17)23-21(26)18-9-6-10-28-18/h3-10,15-16,20H,11-14H2,1-2H3,(H,23,26). The Morgan fingerprint density at radius 3 is 2.41 bits per heavy atom. The summed E-state index contributed by atoms with van der Waals surface area (Å²) in [5, 5.41) is 2.62. The van der Waals surface area contributed by atoms with Gasteiger partial charge >= 0.3 is 5.97 Å². The fraction of sp³-hybridized carbons (Fsp3) is 0.409. The highest BCUT2D eigenvalue weighted by molar-refractivity contribution is 5.95. The average Bonchev–Trinajstić information content (AvgIpc) is 3.24. The van der Waals surface area contributed by atoms with Gasteiger partial charge in [0.1, 0.15) is 0 Å². The van der Waals surface area contributed by atoms with Gasteiger partial charge in [-0.25, -0.2) is 4.79 Å². The zero-order chi connectivity index (χ0) is 20.8. The maximum absolute atomic E-state index is 12.7. The summed E-state index contributed by atoms with van der Waals surface area (Å²) in [6.45, 7) is 5.20. The molecule has 1 aromatic carbocycles. The van der Waals surface area contributed by atoms with Gasteiger partial charge in [-0.15, -0.1) is 0 Å². The molecule has 0 bridgehead atoms. The minimum atomic E-state index is -1.04. The molecule has 0 aliphatic carbocycles. The van der Waals surface area contributed by atoms with Gasteiger partial charge in [-0.05, 0) is 36.0 Å². The Morgan fingerprint density at radius 2 is 1.79 bits per heavy atom. The van der Waals surface area contributed by atoms with E-state index >= 15 is 0 Å². The van der Waals surface area contributed by atoms with E-state index in [1.807, 2.05) is 6.07 Å². The van der Waals surface area contributed by atoms with Gasteiger partial charge in [-0.1, -0.05) is 44.2 Å². The van der Waals surface area contributed by atoms with E-state index in [9.17, 15) is 14.4 Å². The fourth-order valence-corrected chi connectivity index (χ4v) is 3.71. The van der Waals surface area contributed by atoms with Crippen LogP contribution in [0.4, 0.5) is 0 Å². The molecular weight excluding hydrogens is 372 g/mol. The second-order valence-corrected chi connectivity index (χ2v) is 7.65. The van der Waals surface area contributed by atoms with Crippen LogP contribution < -0.4 is 5.32 Å². The predicted molar refractivity (Wildman–Crippen MR) is 106 cm³/mol. The number of likely N-dealkylation sites (tertiary alicyclic amines) is 1. The molecule has 29 heavy (non-hydrogen) atoms. The van der Waals surface area contributed by atoms with Crippen LogP contribution in [-0.4, -0.2) is 42.4 Å². The van der Waals surface area contributed by atoms with Gasteiger partial charge in [-0.2, -0.15) is 0 Å². The van der Waals surface area contributed by atoms with Gasteiger partial charge in [0.25, 0.3) is 11.8 Å². The minimum Gasteiger partial charge on any atom is -0.459 e. The summed E-state index contributed by atoms with van der Waals surface area (Å²) in [6, 6.07) is 10.8. The number of ether oxygens (including phenoxy) is 1. The second-order valence-electron chi connectivity index (χ2n) is 7.65. The third-order valence-electron chi connectivity index (χ3n) is 4.95. The highest BCUT2D eigenvalue weighted by atomic mass is 16.5. The first-order chi connectivity index (χ1) is 13.9. The van der Waals surface area contributed by atoms with E-state index in [0.29, 0.717) is 30.5 Å². The Balaban J connectivity index is 1.65. The molecule has 3 atom stereocenters. The maximum atomic E-state index is 12.7. The Hall–Kier alpha value is -3.09. The van der Waals surface area contributed by atoms with E-state index in [1.165, 1.54) is 12.3 Å². The molecule has 7 heteroatoms. The Morgan fingerprint density at radius 1 is 1.10 bits per heavy atom. The molecule has 2 heterocycles. The lowest BCUT2D eigenvalue weighted by Gasteiger charge is -2.34. The van der Waals surface area contributed by atoms with Crippen molar-refractivity contribution in [1.82, 2.24) is 10.2 Å². The van der Waals surface area contributed by atoms with E-state index in [0.717, 1.165) is 6.42 Å². The van der Waals surface area contributed by atoms with Crippen molar-refractivity contribution in [1.29, 1.82) is 0 Å². The molecule has 1 aliphatic rings. The van der Waals surface area contributed by atoms with Crippen LogP contribution in [0.3, 0.4) is 0 Å². The van der Waals surface area contributed by atoms with Crippen molar-refractivity contribution >= 4 is 17.8 Å². The topological polar surface area (TPSA) is 88.9 Å². The molecule has 1 N–H and O–H groups in total. The van der Waals surface area contributed by atoms with Crippen LogP contribution in [0.15, 0.2) is 53.1 Å². The average molecular weight is 398 g/mol. The van der Waals surface area contributed by atoms with Crippen molar-refractivity contribution in [3.63, 3.8) is 0 Å². The first-order valence-corrected chi connectivity index (χ1v) is 9.77. The number of amides is 2. The van der Waals surface area contributed by atoms with Crippen LogP contribution in [0.5, 0.6) is 0 Å². The summed E-state index contributed by atoms with van der Waals surface area (Å²) >= 11 is 0. The molecule has 0 saturated carbocycles. The zero-order valence-corrected chi connectivity index (χ0v) is 16.7. The Bertz CT molecular complexity index is 824. The first kappa shape index (κ1) is 20.6. The van der Waals surface area contributed by atoms with Gasteiger partial charge in [0, 0.05) is 13.1 Å². The molecule has 154 valence electrons. The number of hydrogen-bond acceptors (Lipinski definition) is 5. The van der Waals surface area contributed by atoms with E-state index < -0.39 is 17.9 Å². The lowest BCUT2D eigenvalue weighted by Crippen LogP contribution is -2.45. The van der Waals surface area contributed by atoms with Gasteiger partial charge in [0.15, 0.2) is 18.4 Å². The number of carbonyl (C=O) groups excluding carboxylic acids is 3. The molecular formula is C22H26N2O5. The quantitative estimate of drug-likeness (QED) is 0.756. The highest BCUT2D eigenvalue weighted by Crippen LogP contribution is 2.21. The molecule has 1 aromatic heterocycles. The number of rotatable bonds is 6. The van der Waals surface area contributed by atoms with Crippen LogP contribution in [0.2, 0.25) is 0 Å². The number of nitrogens with zero attached hydrogens (tertiary/aromatic N) is 1. The summed E-state index contributed by atoms with van der Waals surface area (Å²) in [4.78, 5) is 39.3. The maximum Gasteiger partial charge on any atom is 0.333 e. The van der Waals surface area contributed by atoms with Crippen molar-refractivity contribution in [2.75, 3.05) is 19.7 Å². The molecule has 0 radical (unpaired) electrons. The lowest BCUT2D eigenvalue weighted by molar-refractivity contribution is -0.154. The molecule has 1 saturated heterocycles. The van der Waals surface area contributed by atoms with Crippen LogP contribution >= 0.6 is 0 Å². The van der Waals surface area contributed by atoms with Gasteiger partial charge in [0.2, 0.25) is 0 Å². The lowest BCUT2D eigenvalue weighted by atomic mass is 9.92. The van der Waals surface area contributed by atoms with E-state index in [-0.39, 0.29) is 18.3 Å². The number of nitrogens with one attached hydrogen (secondary N) is 1. The largest absolute Gasteiger partial charge is 0.459 e. The van der Waals surface area contributed by atoms with Crippen LogP contribution in [0.1, 0.15) is 42.4 Å². The van der Waals surface area contributed by atoms with Crippen LogP contribution in [0, 0.1) is 11.8 Å². The van der Waals surface area contributed by atoms with Crippen molar-refractivity contribution in [3.8, 4) is 0 Å². The monoisotopic (exact) mass is 398 g/mol. The smallest absolute Gasteiger partial charge is 0.333 e. The van der Waals surface area contributed by atoms with Crippen molar-refractivity contribution in [2.24, 2.45) is 11.8 Å². The highest BCUT2D eigenvalue weighted by Gasteiger charge is 2.29. The number of hydrogen-bond donors (Lipinski definition) is 1. The van der Waals surface area contributed by atoms with Crippen LogP contribution in [0.25, 0.3) is 0 Å². The molecule has 2 amide bonds. The first-order valence-electron chi connectivity index (χ1n) is 9.77. The molecule has 1 aliphatic heterocycles. The van der Waals surface area contributed by atoms with Gasteiger partial charge < -0.3 is 19.4 Å². The van der Waals surface area contributed by atoms with E-state index in [2.05, 4.69) is 19.2 Å². The minimum absolute atomic E-state index is 0.0890. The van der Waals surface area contributed by atoms with Gasteiger partial charge in [0.05, 0.1) is 6.26 Å². The number of benzene rings is 1. The predicted octanol–water partition coefficient (Wildman–Crippen LogP) is 2.80. The number of furan rings is 1.